The summed E-state index contributed by atoms with van der Waals surface area (Å²) in [6.07, 6.45) is 11.0. The molecular formula is C16H26N4O2. The molecule has 0 amide bonds. The zero-order chi connectivity index (χ0) is 15.9. The van der Waals surface area contributed by atoms with E-state index in [0.717, 1.165) is 29.2 Å². The maximum Gasteiger partial charge on any atom is 0.353 e. The van der Waals surface area contributed by atoms with Gasteiger partial charge >= 0.3 is 11.4 Å². The van der Waals surface area contributed by atoms with Crippen LogP contribution in [0.4, 0.5) is 0 Å². The average molecular weight is 306 g/mol. The molecule has 1 fully saturated rings. The molecular weight excluding hydrogens is 280 g/mol. The molecule has 1 saturated carbocycles. The normalized spacial score (nSPS) is 21.7. The minimum Gasteiger partial charge on any atom is -0.404 e. The standard InChI is InChI=1S/C16H26N4O2/c1-12-6-5-8-13(12)7-3-2-4-11-20-15(21)18-14(9-10-17)19-16(20)22/h9-10,12-13H,2-8,11,17H2,1H3,(H,18,19,21,22)/t12?,13-/m1/s1. The van der Waals surface area contributed by atoms with Crippen molar-refractivity contribution >= 4 is 6.08 Å². The van der Waals surface area contributed by atoms with Gasteiger partial charge in [0.05, 0.1) is 0 Å². The highest BCUT2D eigenvalue weighted by atomic mass is 16.2. The molecule has 1 aliphatic carbocycles. The Labute approximate surface area is 130 Å². The number of unbranched alkanes of at least 4 members (excludes halogenated alkanes) is 2. The van der Waals surface area contributed by atoms with Gasteiger partial charge in [0.25, 0.3) is 0 Å². The van der Waals surface area contributed by atoms with E-state index < -0.39 is 11.4 Å². The van der Waals surface area contributed by atoms with Crippen LogP contribution >= 0.6 is 0 Å². The second-order valence-corrected chi connectivity index (χ2v) is 6.24. The molecule has 0 aromatic carbocycles. The fourth-order valence-electron chi connectivity index (χ4n) is 3.33. The summed E-state index contributed by atoms with van der Waals surface area (Å²) in [4.78, 5) is 30.0. The zero-order valence-electron chi connectivity index (χ0n) is 13.3. The first-order valence-electron chi connectivity index (χ1n) is 8.21. The van der Waals surface area contributed by atoms with Crippen molar-refractivity contribution in [1.82, 2.24) is 14.5 Å². The van der Waals surface area contributed by atoms with Crippen molar-refractivity contribution in [3.8, 4) is 0 Å². The maximum absolute atomic E-state index is 11.8. The van der Waals surface area contributed by atoms with Crippen LogP contribution in [0.15, 0.2) is 15.8 Å². The Morgan fingerprint density at radius 2 is 2.14 bits per heavy atom. The largest absolute Gasteiger partial charge is 0.404 e. The van der Waals surface area contributed by atoms with Crippen LogP contribution in [0, 0.1) is 11.8 Å². The Bertz CT molecular complexity index is 586. The fraction of sp³-hybridized carbons (Fsp3) is 0.688. The van der Waals surface area contributed by atoms with Crippen LogP contribution in [0.1, 0.15) is 57.7 Å². The number of aromatic amines is 1. The molecule has 0 spiro atoms. The van der Waals surface area contributed by atoms with Crippen LogP contribution in [0.2, 0.25) is 0 Å². The summed E-state index contributed by atoms with van der Waals surface area (Å²) >= 11 is 0. The highest BCUT2D eigenvalue weighted by molar-refractivity contribution is 5.37. The number of hydrogen-bond acceptors (Lipinski definition) is 4. The number of hydrogen-bond donors (Lipinski definition) is 2. The second kappa shape index (κ2) is 7.96. The Balaban J connectivity index is 1.79. The summed E-state index contributed by atoms with van der Waals surface area (Å²) in [7, 11) is 0. The van der Waals surface area contributed by atoms with E-state index in [9.17, 15) is 9.59 Å². The third-order valence-corrected chi connectivity index (χ3v) is 4.68. The van der Waals surface area contributed by atoms with Gasteiger partial charge in [0.1, 0.15) is 5.82 Å². The molecule has 0 bridgehead atoms. The third-order valence-electron chi connectivity index (χ3n) is 4.68. The average Bonchev–Trinajstić information content (AvgIpc) is 2.87. The van der Waals surface area contributed by atoms with Crippen LogP contribution in [0.5, 0.6) is 0 Å². The number of nitrogens with two attached hydrogens (primary N) is 1. The van der Waals surface area contributed by atoms with Crippen molar-refractivity contribution in [2.45, 2.75) is 58.4 Å². The van der Waals surface area contributed by atoms with E-state index in [-0.39, 0.29) is 5.82 Å². The predicted octanol–water partition coefficient (Wildman–Crippen LogP) is 1.86. The molecule has 2 rings (SSSR count). The van der Waals surface area contributed by atoms with Crippen LogP contribution in [0.25, 0.3) is 6.08 Å². The molecule has 1 aromatic heterocycles. The SMILES string of the molecule is CC1CCC[C@H]1CCCCCn1c(=O)nc(C=CN)[nH]c1=O. The Morgan fingerprint density at radius 3 is 2.77 bits per heavy atom. The van der Waals surface area contributed by atoms with Crippen molar-refractivity contribution in [3.63, 3.8) is 0 Å². The topological polar surface area (TPSA) is 93.8 Å². The molecule has 0 saturated heterocycles. The number of nitrogens with zero attached hydrogens (tertiary/aromatic N) is 2. The molecule has 22 heavy (non-hydrogen) atoms. The number of H-pyrrole nitrogens is 1. The molecule has 0 radical (unpaired) electrons. The lowest BCUT2D eigenvalue weighted by Gasteiger charge is -2.14. The smallest absolute Gasteiger partial charge is 0.353 e. The van der Waals surface area contributed by atoms with E-state index in [1.807, 2.05) is 0 Å². The molecule has 1 aromatic rings. The number of nitrogens with one attached hydrogen (secondary N) is 1. The van der Waals surface area contributed by atoms with E-state index >= 15 is 0 Å². The van der Waals surface area contributed by atoms with Crippen LogP contribution in [-0.2, 0) is 6.54 Å². The van der Waals surface area contributed by atoms with Gasteiger partial charge in [0.15, 0.2) is 0 Å². The van der Waals surface area contributed by atoms with E-state index in [0.29, 0.717) is 6.54 Å². The van der Waals surface area contributed by atoms with Crippen molar-refractivity contribution in [2.75, 3.05) is 0 Å². The monoisotopic (exact) mass is 306 g/mol. The molecule has 6 nitrogen and oxygen atoms in total. The Kier molecular flexibility index (Phi) is 5.98. The van der Waals surface area contributed by atoms with Gasteiger partial charge in [-0.1, -0.05) is 45.4 Å². The van der Waals surface area contributed by atoms with Gasteiger partial charge < -0.3 is 5.73 Å². The lowest BCUT2D eigenvalue weighted by Crippen LogP contribution is -2.37. The van der Waals surface area contributed by atoms with Gasteiger partial charge in [-0.05, 0) is 30.5 Å². The first-order chi connectivity index (χ1) is 10.6. The first-order valence-corrected chi connectivity index (χ1v) is 8.21. The van der Waals surface area contributed by atoms with Gasteiger partial charge in [-0.2, -0.15) is 4.98 Å². The summed E-state index contributed by atoms with van der Waals surface area (Å²) in [6, 6.07) is 0. The van der Waals surface area contributed by atoms with Gasteiger partial charge in [0.2, 0.25) is 0 Å². The lowest BCUT2D eigenvalue weighted by molar-refractivity contribution is 0.372. The van der Waals surface area contributed by atoms with Gasteiger partial charge in [0, 0.05) is 6.54 Å². The Hall–Kier alpha value is -1.85. The van der Waals surface area contributed by atoms with Gasteiger partial charge in [-0.15, -0.1) is 0 Å². The second-order valence-electron chi connectivity index (χ2n) is 6.24. The summed E-state index contributed by atoms with van der Waals surface area (Å²) < 4.78 is 1.16. The Morgan fingerprint density at radius 1 is 1.32 bits per heavy atom. The van der Waals surface area contributed by atoms with Crippen LogP contribution in [-0.4, -0.2) is 14.5 Å². The van der Waals surface area contributed by atoms with Crippen molar-refractivity contribution in [1.29, 1.82) is 0 Å². The summed E-state index contributed by atoms with van der Waals surface area (Å²) in [5, 5.41) is 0. The van der Waals surface area contributed by atoms with Crippen LogP contribution < -0.4 is 17.1 Å². The quantitative estimate of drug-likeness (QED) is 0.752. The highest BCUT2D eigenvalue weighted by Gasteiger charge is 2.22. The number of rotatable bonds is 7. The zero-order valence-corrected chi connectivity index (χ0v) is 13.3. The maximum atomic E-state index is 11.8. The molecule has 6 heteroatoms. The van der Waals surface area contributed by atoms with E-state index in [1.165, 1.54) is 44.4 Å². The molecule has 2 atom stereocenters. The van der Waals surface area contributed by atoms with E-state index in [4.69, 9.17) is 5.73 Å². The van der Waals surface area contributed by atoms with Crippen molar-refractivity contribution in [2.24, 2.45) is 17.6 Å². The van der Waals surface area contributed by atoms with Gasteiger partial charge in [-0.3, -0.25) is 4.98 Å². The summed E-state index contributed by atoms with van der Waals surface area (Å²) in [5.74, 6) is 1.93. The molecule has 0 aliphatic heterocycles. The minimum absolute atomic E-state index is 0.198. The number of aromatic nitrogens is 3. The summed E-state index contributed by atoms with van der Waals surface area (Å²) in [5.41, 5.74) is 4.29. The molecule has 1 heterocycles. The van der Waals surface area contributed by atoms with Crippen LogP contribution in [0.3, 0.4) is 0 Å². The highest BCUT2D eigenvalue weighted by Crippen LogP contribution is 2.34. The predicted molar refractivity (Wildman–Crippen MR) is 87.3 cm³/mol. The minimum atomic E-state index is -0.513. The van der Waals surface area contributed by atoms with Crippen molar-refractivity contribution < 1.29 is 0 Å². The first kappa shape index (κ1) is 16.5. The van der Waals surface area contributed by atoms with E-state index in [2.05, 4.69) is 16.9 Å². The van der Waals surface area contributed by atoms with Gasteiger partial charge in [-0.25, -0.2) is 14.2 Å². The molecule has 1 unspecified atom stereocenters. The molecule has 122 valence electrons. The molecule has 3 N–H and O–H groups in total. The third kappa shape index (κ3) is 4.32. The molecule has 1 aliphatic rings. The van der Waals surface area contributed by atoms with E-state index in [1.54, 1.807) is 0 Å². The summed E-state index contributed by atoms with van der Waals surface area (Å²) in [6.45, 7) is 2.77. The lowest BCUT2D eigenvalue weighted by atomic mass is 9.92. The fourth-order valence-corrected chi connectivity index (χ4v) is 3.33. The van der Waals surface area contributed by atoms with Crippen molar-refractivity contribution in [3.05, 3.63) is 33.0 Å².